The van der Waals surface area contributed by atoms with Gasteiger partial charge in [0, 0.05) is 0 Å². The summed E-state index contributed by atoms with van der Waals surface area (Å²) in [6.45, 7) is 0. The second-order valence-electron chi connectivity index (χ2n) is 4.87. The van der Waals surface area contributed by atoms with Gasteiger partial charge in [-0.1, -0.05) is 24.3 Å². The van der Waals surface area contributed by atoms with Crippen LogP contribution in [0.1, 0.15) is 5.56 Å². The van der Waals surface area contributed by atoms with E-state index in [4.69, 9.17) is 8.83 Å². The fourth-order valence-electron chi connectivity index (χ4n) is 2.30. The fraction of sp³-hybridized carbons (Fsp3) is 0. The predicted octanol–water partition coefficient (Wildman–Crippen LogP) is 3.39. The molecule has 4 rings (SSSR count). The summed E-state index contributed by atoms with van der Waals surface area (Å²) in [5, 5.41) is 10.7. The van der Waals surface area contributed by atoms with Gasteiger partial charge in [0.1, 0.15) is 22.4 Å². The minimum atomic E-state index is -0.680. The van der Waals surface area contributed by atoms with Crippen molar-refractivity contribution in [1.29, 1.82) is 0 Å². The Hall–Kier alpha value is -3.41. The number of oxazole rings is 1. The highest BCUT2D eigenvalue weighted by atomic mass is 16.4. The van der Waals surface area contributed by atoms with Gasteiger partial charge in [-0.15, -0.1) is 0 Å². The molecule has 2 aromatic carbocycles. The van der Waals surface area contributed by atoms with Crippen LogP contribution in [0.5, 0.6) is 5.75 Å². The van der Waals surface area contributed by atoms with Crippen molar-refractivity contribution < 1.29 is 13.9 Å². The Labute approximate surface area is 129 Å². The molecule has 0 spiro atoms. The minimum Gasteiger partial charge on any atom is -0.506 e. The van der Waals surface area contributed by atoms with E-state index in [2.05, 4.69) is 9.98 Å². The van der Waals surface area contributed by atoms with E-state index in [0.717, 1.165) is 0 Å². The Morgan fingerprint density at radius 1 is 1.00 bits per heavy atom. The summed E-state index contributed by atoms with van der Waals surface area (Å²) < 4.78 is 10.6. The second-order valence-corrected chi connectivity index (χ2v) is 4.87. The molecular weight excluding hydrogens is 296 g/mol. The number of hydrogen-bond acceptors (Lipinski definition) is 6. The lowest BCUT2D eigenvalue weighted by Crippen LogP contribution is -2.06. The third kappa shape index (κ3) is 2.26. The van der Waals surface area contributed by atoms with E-state index in [1.165, 1.54) is 6.21 Å². The quantitative estimate of drug-likeness (QED) is 0.453. The minimum absolute atomic E-state index is 0.0500. The zero-order valence-corrected chi connectivity index (χ0v) is 11.8. The summed E-state index contributed by atoms with van der Waals surface area (Å²) in [6, 6.07) is 14.0. The maximum atomic E-state index is 12.0. The molecular formula is C17H10N2O4. The number of aromatic hydroxyl groups is 1. The molecule has 0 aliphatic rings. The number of hydrogen-bond donors (Lipinski definition) is 1. The number of aromatic nitrogens is 1. The van der Waals surface area contributed by atoms with Gasteiger partial charge in [0.15, 0.2) is 5.58 Å². The molecule has 4 aromatic rings. The lowest BCUT2D eigenvalue weighted by atomic mass is 10.1. The van der Waals surface area contributed by atoms with Crippen molar-refractivity contribution in [3.63, 3.8) is 0 Å². The SMILES string of the molecule is O=c1oc2ccccc2c(O)c1/C=N/c1nc2ccccc2o1. The molecule has 0 fully saturated rings. The number of para-hydroxylation sites is 3. The van der Waals surface area contributed by atoms with Gasteiger partial charge in [0.2, 0.25) is 0 Å². The molecule has 2 heterocycles. The average Bonchev–Trinajstić information content (AvgIpc) is 2.97. The first-order chi connectivity index (χ1) is 11.2. The summed E-state index contributed by atoms with van der Waals surface area (Å²) in [6.07, 6.45) is 1.19. The fourth-order valence-corrected chi connectivity index (χ4v) is 2.30. The smallest absolute Gasteiger partial charge is 0.348 e. The highest BCUT2D eigenvalue weighted by Gasteiger charge is 2.12. The second kappa shape index (κ2) is 5.10. The van der Waals surface area contributed by atoms with E-state index in [1.807, 2.05) is 12.1 Å². The Bertz CT molecular complexity index is 1080. The van der Waals surface area contributed by atoms with Crippen LogP contribution in [0.15, 0.2) is 67.2 Å². The predicted molar refractivity (Wildman–Crippen MR) is 85.4 cm³/mol. The summed E-state index contributed by atoms with van der Waals surface area (Å²) in [4.78, 5) is 20.2. The van der Waals surface area contributed by atoms with Crippen molar-refractivity contribution in [3.8, 4) is 5.75 Å². The molecule has 0 aliphatic carbocycles. The van der Waals surface area contributed by atoms with Gasteiger partial charge in [0.05, 0.1) is 11.6 Å². The van der Waals surface area contributed by atoms with Gasteiger partial charge in [-0.3, -0.25) is 0 Å². The van der Waals surface area contributed by atoms with Gasteiger partial charge in [-0.05, 0) is 24.3 Å². The van der Waals surface area contributed by atoms with E-state index >= 15 is 0 Å². The summed E-state index contributed by atoms with van der Waals surface area (Å²) in [7, 11) is 0. The average molecular weight is 306 g/mol. The van der Waals surface area contributed by atoms with E-state index in [1.54, 1.807) is 36.4 Å². The van der Waals surface area contributed by atoms with Crippen molar-refractivity contribution in [2.45, 2.75) is 0 Å². The maximum Gasteiger partial charge on any atom is 0.348 e. The van der Waals surface area contributed by atoms with Crippen molar-refractivity contribution in [2.75, 3.05) is 0 Å². The lowest BCUT2D eigenvalue weighted by Gasteiger charge is -2.01. The molecule has 2 aromatic heterocycles. The third-order valence-corrected chi connectivity index (χ3v) is 3.41. The first kappa shape index (κ1) is 13.3. The Kier molecular flexibility index (Phi) is 2.94. The van der Waals surface area contributed by atoms with Gasteiger partial charge < -0.3 is 13.9 Å². The van der Waals surface area contributed by atoms with Gasteiger partial charge >= 0.3 is 11.6 Å². The Morgan fingerprint density at radius 3 is 2.57 bits per heavy atom. The molecule has 1 N–H and O–H groups in total. The molecule has 6 nitrogen and oxygen atoms in total. The summed E-state index contributed by atoms with van der Waals surface area (Å²) >= 11 is 0. The number of rotatable bonds is 2. The monoisotopic (exact) mass is 306 g/mol. The van der Waals surface area contributed by atoms with E-state index < -0.39 is 5.63 Å². The van der Waals surface area contributed by atoms with Crippen molar-refractivity contribution >= 4 is 34.3 Å². The molecule has 6 heteroatoms. The Balaban J connectivity index is 1.81. The lowest BCUT2D eigenvalue weighted by molar-refractivity contribution is 0.466. The van der Waals surface area contributed by atoms with E-state index in [9.17, 15) is 9.90 Å². The number of aliphatic imine (C=N–C) groups is 1. The summed E-state index contributed by atoms with van der Waals surface area (Å²) in [5.74, 6) is -0.184. The van der Waals surface area contributed by atoms with Crippen LogP contribution in [0.25, 0.3) is 22.1 Å². The zero-order chi connectivity index (χ0) is 15.8. The molecule has 0 aliphatic heterocycles. The van der Waals surface area contributed by atoms with Crippen molar-refractivity contribution in [3.05, 3.63) is 64.5 Å². The molecule has 0 amide bonds. The number of fused-ring (bicyclic) bond motifs is 2. The maximum absolute atomic E-state index is 12.0. The van der Waals surface area contributed by atoms with Gasteiger partial charge in [-0.2, -0.15) is 4.98 Å². The Morgan fingerprint density at radius 2 is 1.74 bits per heavy atom. The van der Waals surface area contributed by atoms with Crippen molar-refractivity contribution in [1.82, 2.24) is 4.98 Å². The van der Waals surface area contributed by atoms with Crippen molar-refractivity contribution in [2.24, 2.45) is 4.99 Å². The van der Waals surface area contributed by atoms with Crippen LogP contribution < -0.4 is 5.63 Å². The van der Waals surface area contributed by atoms with Gasteiger partial charge in [-0.25, -0.2) is 9.79 Å². The molecule has 23 heavy (non-hydrogen) atoms. The largest absolute Gasteiger partial charge is 0.506 e. The standard InChI is InChI=1S/C17H10N2O4/c20-15-10-5-1-3-7-13(10)22-16(21)11(15)9-18-17-19-12-6-2-4-8-14(12)23-17/h1-9,20H/b18-9+. The molecule has 0 saturated carbocycles. The van der Waals surface area contributed by atoms with Crippen LogP contribution >= 0.6 is 0 Å². The number of benzene rings is 2. The van der Waals surface area contributed by atoms with Crippen LogP contribution in [-0.4, -0.2) is 16.3 Å². The van der Waals surface area contributed by atoms with Crippen LogP contribution in [0, 0.1) is 0 Å². The first-order valence-corrected chi connectivity index (χ1v) is 6.87. The van der Waals surface area contributed by atoms with Crippen LogP contribution in [0.4, 0.5) is 6.01 Å². The highest BCUT2D eigenvalue weighted by molar-refractivity contribution is 5.94. The van der Waals surface area contributed by atoms with Gasteiger partial charge in [0.25, 0.3) is 0 Å². The van der Waals surface area contributed by atoms with Crippen LogP contribution in [0.3, 0.4) is 0 Å². The molecule has 112 valence electrons. The molecule has 0 unspecified atom stereocenters. The number of nitrogens with zero attached hydrogens (tertiary/aromatic N) is 2. The zero-order valence-electron chi connectivity index (χ0n) is 11.8. The first-order valence-electron chi connectivity index (χ1n) is 6.87. The van der Waals surface area contributed by atoms with Crippen LogP contribution in [0.2, 0.25) is 0 Å². The summed E-state index contributed by atoms with van der Waals surface area (Å²) in [5.41, 5.74) is 0.838. The molecule has 0 radical (unpaired) electrons. The van der Waals surface area contributed by atoms with E-state index in [-0.39, 0.29) is 17.3 Å². The third-order valence-electron chi connectivity index (χ3n) is 3.41. The molecule has 0 bridgehead atoms. The normalized spacial score (nSPS) is 11.7. The topological polar surface area (TPSA) is 88.8 Å². The highest BCUT2D eigenvalue weighted by Crippen LogP contribution is 2.26. The van der Waals surface area contributed by atoms with Crippen LogP contribution in [-0.2, 0) is 0 Å². The van der Waals surface area contributed by atoms with E-state index in [0.29, 0.717) is 22.1 Å². The molecule has 0 atom stereocenters. The molecule has 0 saturated heterocycles.